The van der Waals surface area contributed by atoms with Crippen molar-refractivity contribution in [2.45, 2.75) is 45.5 Å². The largest absolute Gasteiger partial charge is 0.391 e. The zero-order valence-electron chi connectivity index (χ0n) is 14.5. The van der Waals surface area contributed by atoms with Crippen LogP contribution in [0.3, 0.4) is 0 Å². The summed E-state index contributed by atoms with van der Waals surface area (Å²) < 4.78 is 11.0. The van der Waals surface area contributed by atoms with E-state index in [4.69, 9.17) is 9.47 Å². The molecule has 6 nitrogen and oxygen atoms in total. The highest BCUT2D eigenvalue weighted by atomic mass is 16.5. The van der Waals surface area contributed by atoms with Crippen LogP contribution >= 0.6 is 0 Å². The summed E-state index contributed by atoms with van der Waals surface area (Å²) in [5.41, 5.74) is 1.73. The number of nitrogens with one attached hydrogen (secondary N) is 1. The molecule has 0 saturated carbocycles. The van der Waals surface area contributed by atoms with E-state index in [1.165, 1.54) is 0 Å². The molecule has 0 bridgehead atoms. The van der Waals surface area contributed by atoms with Crippen molar-refractivity contribution < 1.29 is 19.4 Å². The SMILES string of the molecule is CC(C)OCCOCc1cccc(NC(=O)N2CCCC(O)C2)c1. The van der Waals surface area contributed by atoms with Crippen LogP contribution in [0.15, 0.2) is 24.3 Å². The lowest BCUT2D eigenvalue weighted by Gasteiger charge is -2.30. The van der Waals surface area contributed by atoms with Gasteiger partial charge >= 0.3 is 6.03 Å². The van der Waals surface area contributed by atoms with Gasteiger partial charge in [-0.2, -0.15) is 0 Å². The number of urea groups is 1. The molecule has 1 aromatic carbocycles. The van der Waals surface area contributed by atoms with Gasteiger partial charge in [0.1, 0.15) is 0 Å². The minimum absolute atomic E-state index is 0.169. The Labute approximate surface area is 143 Å². The fourth-order valence-electron chi connectivity index (χ4n) is 2.61. The zero-order chi connectivity index (χ0) is 17.4. The van der Waals surface area contributed by atoms with E-state index < -0.39 is 6.10 Å². The normalized spacial score (nSPS) is 18.0. The minimum atomic E-state index is -0.419. The Balaban J connectivity index is 1.78. The number of benzene rings is 1. The second kappa shape index (κ2) is 9.61. The molecular weight excluding hydrogens is 308 g/mol. The van der Waals surface area contributed by atoms with Gasteiger partial charge in [0, 0.05) is 18.8 Å². The smallest absolute Gasteiger partial charge is 0.321 e. The Bertz CT molecular complexity index is 521. The van der Waals surface area contributed by atoms with Crippen molar-refractivity contribution >= 4 is 11.7 Å². The molecule has 2 amide bonds. The van der Waals surface area contributed by atoms with Crippen LogP contribution in [0.2, 0.25) is 0 Å². The second-order valence-corrected chi connectivity index (χ2v) is 6.34. The van der Waals surface area contributed by atoms with E-state index in [9.17, 15) is 9.90 Å². The summed E-state index contributed by atoms with van der Waals surface area (Å²) in [5, 5.41) is 12.6. The third-order valence-corrected chi connectivity index (χ3v) is 3.81. The van der Waals surface area contributed by atoms with Crippen molar-refractivity contribution in [2.75, 3.05) is 31.6 Å². The number of aliphatic hydroxyl groups excluding tert-OH is 1. The number of aliphatic hydroxyl groups is 1. The number of anilines is 1. The number of hydrogen-bond donors (Lipinski definition) is 2. The van der Waals surface area contributed by atoms with Crippen LogP contribution in [-0.4, -0.2) is 54.5 Å². The third-order valence-electron chi connectivity index (χ3n) is 3.81. The second-order valence-electron chi connectivity index (χ2n) is 6.34. The minimum Gasteiger partial charge on any atom is -0.391 e. The zero-order valence-corrected chi connectivity index (χ0v) is 14.5. The maximum atomic E-state index is 12.2. The van der Waals surface area contributed by atoms with Crippen LogP contribution in [-0.2, 0) is 16.1 Å². The lowest BCUT2D eigenvalue weighted by molar-refractivity contribution is 0.0143. The molecule has 1 unspecified atom stereocenters. The van der Waals surface area contributed by atoms with Crippen LogP contribution in [0, 0.1) is 0 Å². The van der Waals surface area contributed by atoms with Gasteiger partial charge in [0.15, 0.2) is 0 Å². The van der Waals surface area contributed by atoms with Gasteiger partial charge in [-0.3, -0.25) is 0 Å². The standard InChI is InChI=1S/C18H28N2O4/c1-14(2)24-10-9-23-13-15-5-3-6-16(11-15)19-18(22)20-8-4-7-17(21)12-20/h3,5-6,11,14,17,21H,4,7-10,12-13H2,1-2H3,(H,19,22). The first-order chi connectivity index (χ1) is 11.5. The van der Waals surface area contributed by atoms with Gasteiger partial charge in [-0.05, 0) is 44.4 Å². The molecule has 0 aliphatic carbocycles. The van der Waals surface area contributed by atoms with Crippen LogP contribution in [0.1, 0.15) is 32.3 Å². The molecule has 1 aliphatic rings. The first-order valence-electron chi connectivity index (χ1n) is 8.57. The van der Waals surface area contributed by atoms with Crippen molar-refractivity contribution in [3.8, 4) is 0 Å². The average Bonchev–Trinajstić information content (AvgIpc) is 2.54. The maximum absolute atomic E-state index is 12.2. The molecule has 1 atom stereocenters. The Morgan fingerprint density at radius 1 is 1.42 bits per heavy atom. The number of hydrogen-bond acceptors (Lipinski definition) is 4. The molecule has 0 radical (unpaired) electrons. The topological polar surface area (TPSA) is 71.0 Å². The molecule has 1 saturated heterocycles. The van der Waals surface area contributed by atoms with Crippen molar-refractivity contribution in [3.05, 3.63) is 29.8 Å². The number of amides is 2. The van der Waals surface area contributed by atoms with E-state index in [2.05, 4.69) is 5.32 Å². The van der Waals surface area contributed by atoms with Gasteiger partial charge in [0.05, 0.1) is 32.0 Å². The maximum Gasteiger partial charge on any atom is 0.321 e. The monoisotopic (exact) mass is 336 g/mol. The van der Waals surface area contributed by atoms with Crippen molar-refractivity contribution in [1.29, 1.82) is 0 Å². The van der Waals surface area contributed by atoms with Crippen molar-refractivity contribution in [3.63, 3.8) is 0 Å². The molecule has 2 N–H and O–H groups in total. The average molecular weight is 336 g/mol. The van der Waals surface area contributed by atoms with E-state index in [1.807, 2.05) is 38.1 Å². The Morgan fingerprint density at radius 3 is 3.00 bits per heavy atom. The van der Waals surface area contributed by atoms with Crippen LogP contribution in [0.4, 0.5) is 10.5 Å². The fourth-order valence-corrected chi connectivity index (χ4v) is 2.61. The quantitative estimate of drug-likeness (QED) is 0.751. The molecule has 1 aromatic rings. The fraction of sp³-hybridized carbons (Fsp3) is 0.611. The third kappa shape index (κ3) is 6.47. The van der Waals surface area contributed by atoms with Crippen molar-refractivity contribution in [1.82, 2.24) is 4.90 Å². The van der Waals surface area contributed by atoms with E-state index in [1.54, 1.807) is 4.90 Å². The molecule has 2 rings (SSSR count). The summed E-state index contributed by atoms with van der Waals surface area (Å²) in [6.07, 6.45) is 1.38. The molecule has 1 heterocycles. The summed E-state index contributed by atoms with van der Waals surface area (Å²) in [7, 11) is 0. The number of β-amino-alcohol motifs (C(OH)–C–C–N with tert-alkyl or cyclic N) is 1. The van der Waals surface area contributed by atoms with E-state index in [-0.39, 0.29) is 12.1 Å². The van der Waals surface area contributed by atoms with E-state index in [0.29, 0.717) is 32.9 Å². The van der Waals surface area contributed by atoms with Gasteiger partial charge < -0.3 is 24.8 Å². The van der Waals surface area contributed by atoms with Gasteiger partial charge in [-0.1, -0.05) is 12.1 Å². The first-order valence-corrected chi connectivity index (χ1v) is 8.57. The summed E-state index contributed by atoms with van der Waals surface area (Å²) >= 11 is 0. The molecule has 0 spiro atoms. The highest BCUT2D eigenvalue weighted by molar-refractivity contribution is 5.89. The van der Waals surface area contributed by atoms with E-state index >= 15 is 0 Å². The number of carbonyl (C=O) groups is 1. The molecule has 1 fully saturated rings. The van der Waals surface area contributed by atoms with Crippen LogP contribution in [0.25, 0.3) is 0 Å². The summed E-state index contributed by atoms with van der Waals surface area (Å²) in [6, 6.07) is 7.44. The van der Waals surface area contributed by atoms with E-state index in [0.717, 1.165) is 24.1 Å². The van der Waals surface area contributed by atoms with Crippen LogP contribution in [0.5, 0.6) is 0 Å². The number of likely N-dealkylation sites (tertiary alicyclic amines) is 1. The first kappa shape index (κ1) is 18.7. The summed E-state index contributed by atoms with van der Waals surface area (Å²) in [6.45, 7) is 6.66. The lowest BCUT2D eigenvalue weighted by Crippen LogP contribution is -2.44. The van der Waals surface area contributed by atoms with Gasteiger partial charge in [0.2, 0.25) is 0 Å². The number of rotatable bonds is 7. The molecule has 0 aromatic heterocycles. The summed E-state index contributed by atoms with van der Waals surface area (Å²) in [4.78, 5) is 13.9. The summed E-state index contributed by atoms with van der Waals surface area (Å²) in [5.74, 6) is 0. The van der Waals surface area contributed by atoms with Gasteiger partial charge in [-0.15, -0.1) is 0 Å². The molecule has 24 heavy (non-hydrogen) atoms. The number of carbonyl (C=O) groups excluding carboxylic acids is 1. The Kier molecular flexibility index (Phi) is 7.49. The highest BCUT2D eigenvalue weighted by Gasteiger charge is 2.21. The Morgan fingerprint density at radius 2 is 2.25 bits per heavy atom. The Hall–Kier alpha value is -1.63. The van der Waals surface area contributed by atoms with Crippen molar-refractivity contribution in [2.24, 2.45) is 0 Å². The molecule has 6 heteroatoms. The highest BCUT2D eigenvalue weighted by Crippen LogP contribution is 2.15. The van der Waals surface area contributed by atoms with Gasteiger partial charge in [-0.25, -0.2) is 4.79 Å². The molecule has 134 valence electrons. The number of nitrogens with zero attached hydrogens (tertiary/aromatic N) is 1. The molecule has 1 aliphatic heterocycles. The lowest BCUT2D eigenvalue weighted by atomic mass is 10.1. The number of piperidine rings is 1. The number of ether oxygens (including phenoxy) is 2. The van der Waals surface area contributed by atoms with Gasteiger partial charge in [0.25, 0.3) is 0 Å². The van der Waals surface area contributed by atoms with Crippen LogP contribution < -0.4 is 5.32 Å². The predicted octanol–water partition coefficient (Wildman–Crippen LogP) is 2.62. The predicted molar refractivity (Wildman–Crippen MR) is 93.0 cm³/mol. The molecular formula is C18H28N2O4.